The first-order valence-electron chi connectivity index (χ1n) is 3.80. The van der Waals surface area contributed by atoms with Gasteiger partial charge < -0.3 is 0 Å². The van der Waals surface area contributed by atoms with E-state index in [2.05, 4.69) is 6.58 Å². The van der Waals surface area contributed by atoms with Crippen molar-refractivity contribution >= 4 is 19.7 Å². The number of benzene rings is 1. The summed E-state index contributed by atoms with van der Waals surface area (Å²) < 4.78 is 43.7. The summed E-state index contributed by atoms with van der Waals surface area (Å²) in [4.78, 5) is 0. The molecule has 0 heterocycles. The van der Waals surface area contributed by atoms with E-state index >= 15 is 0 Å². The monoisotopic (exact) mass is 254 g/mol. The third kappa shape index (κ3) is 8.08. The predicted octanol–water partition coefficient (Wildman–Crippen LogP) is 2.71. The van der Waals surface area contributed by atoms with Crippen LogP contribution in [-0.4, -0.2) is 14.2 Å². The van der Waals surface area contributed by atoms with Gasteiger partial charge in [0.2, 0.25) is 9.05 Å². The molecule has 15 heavy (non-hydrogen) atoms. The van der Waals surface area contributed by atoms with Crippen LogP contribution in [0.4, 0.5) is 8.78 Å². The first-order valence-corrected chi connectivity index (χ1v) is 6.28. The van der Waals surface area contributed by atoms with Crippen LogP contribution in [0.3, 0.4) is 0 Å². The maximum absolute atomic E-state index is 11.9. The molecule has 0 aliphatic heterocycles. The molecule has 84 valence electrons. The highest BCUT2D eigenvalue weighted by Gasteiger charge is 1.97. The fraction of sp³-hybridized carbons (Fsp3) is 0.111. The standard InChI is InChI=1S/C6H4F2.C3H5ClO2S/c7-5-3-1-2-4-6(5)8;1-2-3-7(4,5)6/h1-4H;2H,1,3H2. The van der Waals surface area contributed by atoms with Crippen molar-refractivity contribution in [3.63, 3.8) is 0 Å². The molecule has 0 aliphatic rings. The Bertz CT molecular complexity index is 397. The quantitative estimate of drug-likeness (QED) is 0.601. The van der Waals surface area contributed by atoms with E-state index < -0.39 is 20.7 Å². The highest BCUT2D eigenvalue weighted by Crippen LogP contribution is 2.01. The fourth-order valence-electron chi connectivity index (χ4n) is 0.580. The van der Waals surface area contributed by atoms with E-state index in [1.165, 1.54) is 18.2 Å². The molecule has 2 nitrogen and oxygen atoms in total. The first kappa shape index (κ1) is 14.1. The van der Waals surface area contributed by atoms with Crippen LogP contribution in [-0.2, 0) is 9.05 Å². The van der Waals surface area contributed by atoms with Gasteiger partial charge in [-0.25, -0.2) is 17.2 Å². The zero-order valence-electron chi connectivity index (χ0n) is 7.66. The largest absolute Gasteiger partial charge is 0.236 e. The van der Waals surface area contributed by atoms with E-state index in [9.17, 15) is 17.2 Å². The Morgan fingerprint density at radius 1 is 1.27 bits per heavy atom. The smallest absolute Gasteiger partial charge is 0.212 e. The van der Waals surface area contributed by atoms with Gasteiger partial charge in [-0.3, -0.25) is 0 Å². The van der Waals surface area contributed by atoms with E-state index in [-0.39, 0.29) is 5.75 Å². The highest BCUT2D eigenvalue weighted by atomic mass is 35.7. The van der Waals surface area contributed by atoms with Crippen LogP contribution in [0.15, 0.2) is 36.9 Å². The van der Waals surface area contributed by atoms with Crippen LogP contribution in [0.2, 0.25) is 0 Å². The lowest BCUT2D eigenvalue weighted by atomic mass is 10.3. The summed E-state index contributed by atoms with van der Waals surface area (Å²) in [6.07, 6.45) is 1.24. The van der Waals surface area contributed by atoms with Crippen LogP contribution in [0, 0.1) is 11.6 Å². The van der Waals surface area contributed by atoms with Crippen molar-refractivity contribution in [3.05, 3.63) is 48.6 Å². The van der Waals surface area contributed by atoms with Crippen molar-refractivity contribution in [2.75, 3.05) is 5.75 Å². The molecule has 0 spiro atoms. The van der Waals surface area contributed by atoms with Crippen LogP contribution in [0.25, 0.3) is 0 Å². The van der Waals surface area contributed by atoms with Gasteiger partial charge in [0.05, 0.1) is 5.75 Å². The molecule has 1 aromatic carbocycles. The van der Waals surface area contributed by atoms with E-state index in [1.54, 1.807) is 0 Å². The van der Waals surface area contributed by atoms with Crippen molar-refractivity contribution in [1.82, 2.24) is 0 Å². The van der Waals surface area contributed by atoms with Gasteiger partial charge in [0.1, 0.15) is 0 Å². The molecule has 0 atom stereocenters. The number of hydrogen-bond donors (Lipinski definition) is 0. The Morgan fingerprint density at radius 3 is 1.80 bits per heavy atom. The van der Waals surface area contributed by atoms with Gasteiger partial charge in [-0.2, -0.15) is 0 Å². The molecule has 0 fully saturated rings. The molecule has 1 aromatic rings. The van der Waals surface area contributed by atoms with Crippen molar-refractivity contribution in [1.29, 1.82) is 0 Å². The molecule has 0 bridgehead atoms. The second-order valence-electron chi connectivity index (χ2n) is 2.41. The summed E-state index contributed by atoms with van der Waals surface area (Å²) >= 11 is 0. The molecule has 0 unspecified atom stereocenters. The molecular weight excluding hydrogens is 246 g/mol. The van der Waals surface area contributed by atoms with Crippen LogP contribution >= 0.6 is 10.7 Å². The second kappa shape index (κ2) is 6.53. The Hall–Kier alpha value is -0.940. The highest BCUT2D eigenvalue weighted by molar-refractivity contribution is 8.13. The van der Waals surface area contributed by atoms with Gasteiger partial charge >= 0.3 is 0 Å². The van der Waals surface area contributed by atoms with Gasteiger partial charge in [-0.1, -0.05) is 18.2 Å². The van der Waals surface area contributed by atoms with E-state index in [1.807, 2.05) is 0 Å². The molecule has 0 saturated heterocycles. The van der Waals surface area contributed by atoms with Gasteiger partial charge in [0.25, 0.3) is 0 Å². The van der Waals surface area contributed by atoms with Crippen LogP contribution < -0.4 is 0 Å². The van der Waals surface area contributed by atoms with Crippen molar-refractivity contribution in [2.45, 2.75) is 0 Å². The number of halogens is 3. The predicted molar refractivity (Wildman–Crippen MR) is 56.2 cm³/mol. The van der Waals surface area contributed by atoms with E-state index in [0.717, 1.165) is 12.1 Å². The fourth-order valence-corrected chi connectivity index (χ4v) is 1.13. The number of hydrogen-bond acceptors (Lipinski definition) is 2. The lowest BCUT2D eigenvalue weighted by molar-refractivity contribution is 0.508. The molecule has 0 aromatic heterocycles. The second-order valence-corrected chi connectivity index (χ2v) is 5.23. The third-order valence-corrected chi connectivity index (χ3v) is 2.15. The van der Waals surface area contributed by atoms with Gasteiger partial charge in [-0.15, -0.1) is 6.58 Å². The molecule has 0 aliphatic carbocycles. The van der Waals surface area contributed by atoms with Crippen molar-refractivity contribution in [3.8, 4) is 0 Å². The van der Waals surface area contributed by atoms with E-state index in [4.69, 9.17) is 10.7 Å². The van der Waals surface area contributed by atoms with Crippen LogP contribution in [0.1, 0.15) is 0 Å². The zero-order valence-corrected chi connectivity index (χ0v) is 9.23. The lowest BCUT2D eigenvalue weighted by Crippen LogP contribution is -1.90. The van der Waals surface area contributed by atoms with Gasteiger partial charge in [0.15, 0.2) is 11.6 Å². The lowest BCUT2D eigenvalue weighted by Gasteiger charge is -1.85. The third-order valence-electron chi connectivity index (χ3n) is 1.14. The maximum Gasteiger partial charge on any atom is 0.236 e. The zero-order chi connectivity index (χ0) is 11.9. The molecule has 0 N–H and O–H groups in total. The summed E-state index contributed by atoms with van der Waals surface area (Å²) in [5.74, 6) is -1.76. The Morgan fingerprint density at radius 2 is 1.67 bits per heavy atom. The normalized spacial score (nSPS) is 10.1. The Labute approximate surface area is 91.6 Å². The molecule has 0 saturated carbocycles. The average Bonchev–Trinajstić information content (AvgIpc) is 2.09. The molecular formula is C9H9ClF2O2S. The summed E-state index contributed by atoms with van der Waals surface area (Å²) in [5, 5.41) is 0. The van der Waals surface area contributed by atoms with E-state index in [0.29, 0.717) is 0 Å². The summed E-state index contributed by atoms with van der Waals surface area (Å²) in [6.45, 7) is 3.18. The van der Waals surface area contributed by atoms with Crippen LogP contribution in [0.5, 0.6) is 0 Å². The first-order chi connectivity index (χ1) is 6.87. The molecule has 1 rings (SSSR count). The summed E-state index contributed by atoms with van der Waals surface area (Å²) in [6, 6.07) is 5.04. The minimum absolute atomic E-state index is 0.158. The van der Waals surface area contributed by atoms with Crippen molar-refractivity contribution in [2.24, 2.45) is 0 Å². The maximum atomic E-state index is 11.9. The van der Waals surface area contributed by atoms with Crippen molar-refractivity contribution < 1.29 is 17.2 Å². The average molecular weight is 255 g/mol. The summed E-state index contributed by atoms with van der Waals surface area (Å²) in [5.41, 5.74) is 0. The SMILES string of the molecule is C=CCS(=O)(=O)Cl.Fc1ccccc1F. The van der Waals surface area contributed by atoms with Gasteiger partial charge in [-0.05, 0) is 12.1 Å². The summed E-state index contributed by atoms with van der Waals surface area (Å²) in [7, 11) is 1.41. The number of rotatable bonds is 2. The molecule has 6 heteroatoms. The molecule has 0 amide bonds. The Kier molecular flexibility index (Phi) is 6.12. The molecule has 0 radical (unpaired) electrons. The van der Waals surface area contributed by atoms with Gasteiger partial charge in [0, 0.05) is 10.7 Å². The Balaban J connectivity index is 0.000000265. The minimum Gasteiger partial charge on any atom is -0.212 e. The minimum atomic E-state index is -3.32. The topological polar surface area (TPSA) is 34.1 Å².